The summed E-state index contributed by atoms with van der Waals surface area (Å²) < 4.78 is 2.28. The SMILES string of the molecule is CNc1ccccc1-c1nc2ccccc2n1C[CH-]c1ccccc1. The van der Waals surface area contributed by atoms with E-state index < -0.39 is 0 Å². The average molecular weight is 326 g/mol. The molecule has 0 radical (unpaired) electrons. The molecule has 0 atom stereocenters. The highest BCUT2D eigenvalue weighted by Gasteiger charge is 2.13. The summed E-state index contributed by atoms with van der Waals surface area (Å²) in [5.41, 5.74) is 5.58. The fourth-order valence-corrected chi connectivity index (χ4v) is 3.15. The van der Waals surface area contributed by atoms with Gasteiger partial charge in [0.15, 0.2) is 0 Å². The molecule has 0 spiro atoms. The van der Waals surface area contributed by atoms with Gasteiger partial charge in [-0.2, -0.15) is 24.1 Å². The van der Waals surface area contributed by atoms with E-state index in [1.165, 1.54) is 5.56 Å². The molecule has 0 aliphatic rings. The van der Waals surface area contributed by atoms with E-state index in [0.717, 1.165) is 34.7 Å². The first-order valence-electron chi connectivity index (χ1n) is 8.47. The van der Waals surface area contributed by atoms with Crippen molar-refractivity contribution >= 4 is 16.7 Å². The molecule has 0 saturated carbocycles. The minimum absolute atomic E-state index is 0.776. The number of benzene rings is 3. The molecule has 0 amide bonds. The van der Waals surface area contributed by atoms with E-state index in [9.17, 15) is 0 Å². The highest BCUT2D eigenvalue weighted by atomic mass is 15.1. The third kappa shape index (κ3) is 2.96. The molecule has 4 rings (SSSR count). The van der Waals surface area contributed by atoms with Gasteiger partial charge in [0, 0.05) is 18.3 Å². The number of anilines is 1. The number of rotatable bonds is 5. The van der Waals surface area contributed by atoms with Gasteiger partial charge in [0.1, 0.15) is 5.82 Å². The van der Waals surface area contributed by atoms with Crippen LogP contribution in [0.4, 0.5) is 5.69 Å². The van der Waals surface area contributed by atoms with Crippen molar-refractivity contribution in [3.8, 4) is 11.4 Å². The summed E-state index contributed by atoms with van der Waals surface area (Å²) in [7, 11) is 1.95. The van der Waals surface area contributed by atoms with Crippen LogP contribution in [-0.2, 0) is 6.54 Å². The molecule has 0 unspecified atom stereocenters. The molecule has 0 fully saturated rings. The van der Waals surface area contributed by atoms with E-state index in [1.54, 1.807) is 0 Å². The fraction of sp³-hybridized carbons (Fsp3) is 0.0909. The Morgan fingerprint density at radius 1 is 0.880 bits per heavy atom. The Labute approximate surface area is 148 Å². The van der Waals surface area contributed by atoms with Crippen molar-refractivity contribution in [1.29, 1.82) is 0 Å². The molecule has 1 N–H and O–H groups in total. The first-order valence-corrected chi connectivity index (χ1v) is 8.47. The maximum Gasteiger partial charge on any atom is 0.142 e. The lowest BCUT2D eigenvalue weighted by Crippen LogP contribution is -2.03. The molecule has 1 aromatic heterocycles. The van der Waals surface area contributed by atoms with Crippen LogP contribution in [0.1, 0.15) is 5.56 Å². The number of imidazole rings is 1. The smallest absolute Gasteiger partial charge is 0.142 e. The quantitative estimate of drug-likeness (QED) is 0.523. The first-order chi connectivity index (χ1) is 12.4. The van der Waals surface area contributed by atoms with Gasteiger partial charge in [0.25, 0.3) is 0 Å². The highest BCUT2D eigenvalue weighted by Crippen LogP contribution is 2.30. The number of nitrogens with one attached hydrogen (secondary N) is 1. The van der Waals surface area contributed by atoms with E-state index in [4.69, 9.17) is 4.98 Å². The van der Waals surface area contributed by atoms with Gasteiger partial charge in [-0.3, -0.25) is 0 Å². The number of para-hydroxylation sites is 3. The molecule has 0 aliphatic carbocycles. The van der Waals surface area contributed by atoms with E-state index >= 15 is 0 Å². The Kier molecular flexibility index (Phi) is 4.13. The predicted octanol–water partition coefficient (Wildman–Crippen LogP) is 5.00. The zero-order chi connectivity index (χ0) is 17.1. The summed E-state index contributed by atoms with van der Waals surface area (Å²) in [4.78, 5) is 4.91. The summed E-state index contributed by atoms with van der Waals surface area (Å²) in [5, 5.41) is 3.28. The van der Waals surface area contributed by atoms with Crippen LogP contribution in [0.3, 0.4) is 0 Å². The molecule has 1 heterocycles. The Morgan fingerprint density at radius 2 is 1.60 bits per heavy atom. The molecule has 3 heteroatoms. The molecule has 0 aliphatic heterocycles. The van der Waals surface area contributed by atoms with Crippen LogP contribution in [0, 0.1) is 6.42 Å². The normalized spacial score (nSPS) is 10.8. The van der Waals surface area contributed by atoms with Crippen molar-refractivity contribution in [2.75, 3.05) is 12.4 Å². The zero-order valence-corrected chi connectivity index (χ0v) is 14.2. The molecule has 0 saturated heterocycles. The van der Waals surface area contributed by atoms with Gasteiger partial charge < -0.3 is 9.88 Å². The van der Waals surface area contributed by atoms with Crippen molar-refractivity contribution < 1.29 is 0 Å². The molecule has 0 bridgehead atoms. The van der Waals surface area contributed by atoms with Gasteiger partial charge in [-0.15, -0.1) is 12.1 Å². The fourth-order valence-electron chi connectivity index (χ4n) is 3.15. The van der Waals surface area contributed by atoms with E-state index in [0.29, 0.717) is 0 Å². The van der Waals surface area contributed by atoms with Gasteiger partial charge in [0.05, 0.1) is 11.0 Å². The second-order valence-electron chi connectivity index (χ2n) is 5.95. The molecule has 25 heavy (non-hydrogen) atoms. The van der Waals surface area contributed by atoms with Crippen LogP contribution in [0.5, 0.6) is 0 Å². The Bertz CT molecular complexity index is 987. The molecule has 4 aromatic rings. The van der Waals surface area contributed by atoms with Crippen molar-refractivity contribution in [2.45, 2.75) is 6.54 Å². The molecule has 3 nitrogen and oxygen atoms in total. The van der Waals surface area contributed by atoms with Crippen LogP contribution in [-0.4, -0.2) is 16.6 Å². The Balaban J connectivity index is 1.81. The van der Waals surface area contributed by atoms with Crippen molar-refractivity contribution in [2.24, 2.45) is 0 Å². The third-order valence-corrected chi connectivity index (χ3v) is 4.40. The Hall–Kier alpha value is -3.20. The number of hydrogen-bond acceptors (Lipinski definition) is 2. The molecular formula is C22H20N3-. The maximum absolute atomic E-state index is 4.91. The zero-order valence-electron chi connectivity index (χ0n) is 14.2. The largest absolute Gasteiger partial charge is 0.388 e. The molecule has 3 aromatic carbocycles. The predicted molar refractivity (Wildman–Crippen MR) is 105 cm³/mol. The van der Waals surface area contributed by atoms with Crippen LogP contribution >= 0.6 is 0 Å². The lowest BCUT2D eigenvalue weighted by atomic mass is 10.1. The summed E-state index contributed by atoms with van der Waals surface area (Å²) in [6.07, 6.45) is 2.24. The number of aromatic nitrogens is 2. The van der Waals surface area contributed by atoms with Crippen LogP contribution in [0.25, 0.3) is 22.4 Å². The van der Waals surface area contributed by atoms with Crippen molar-refractivity contribution in [3.63, 3.8) is 0 Å². The minimum atomic E-state index is 0.776. The van der Waals surface area contributed by atoms with Crippen molar-refractivity contribution in [3.05, 3.63) is 90.8 Å². The second-order valence-corrected chi connectivity index (χ2v) is 5.95. The van der Waals surface area contributed by atoms with Gasteiger partial charge >= 0.3 is 0 Å². The van der Waals surface area contributed by atoms with Crippen LogP contribution in [0.2, 0.25) is 0 Å². The summed E-state index contributed by atoms with van der Waals surface area (Å²) in [6.45, 7) is 0.776. The van der Waals surface area contributed by atoms with Gasteiger partial charge in [0.2, 0.25) is 0 Å². The molecule has 124 valence electrons. The monoisotopic (exact) mass is 326 g/mol. The van der Waals surface area contributed by atoms with Crippen LogP contribution in [0.15, 0.2) is 78.9 Å². The third-order valence-electron chi connectivity index (χ3n) is 4.40. The standard InChI is InChI=1S/C22H20N3/c1-23-19-12-6-5-11-18(19)22-24-20-13-7-8-14-21(20)25(22)16-15-17-9-3-2-4-10-17/h2-15,23H,16H2,1H3/q-1. The summed E-state index contributed by atoms with van der Waals surface area (Å²) in [6, 6.07) is 27.0. The molecular weight excluding hydrogens is 306 g/mol. The summed E-state index contributed by atoms with van der Waals surface area (Å²) >= 11 is 0. The maximum atomic E-state index is 4.91. The Morgan fingerprint density at radius 3 is 2.44 bits per heavy atom. The van der Waals surface area contributed by atoms with Gasteiger partial charge in [-0.25, -0.2) is 4.98 Å². The number of nitrogens with zero attached hydrogens (tertiary/aromatic N) is 2. The topological polar surface area (TPSA) is 29.9 Å². The van der Waals surface area contributed by atoms with Crippen LogP contribution < -0.4 is 5.32 Å². The van der Waals surface area contributed by atoms with Gasteiger partial charge in [-0.1, -0.05) is 30.3 Å². The summed E-state index contributed by atoms with van der Waals surface area (Å²) in [5.74, 6) is 0.985. The lowest BCUT2D eigenvalue weighted by molar-refractivity contribution is 0.823. The van der Waals surface area contributed by atoms with Crippen molar-refractivity contribution in [1.82, 2.24) is 9.55 Å². The minimum Gasteiger partial charge on any atom is -0.388 e. The van der Waals surface area contributed by atoms with E-state index in [2.05, 4.69) is 77.0 Å². The number of fused-ring (bicyclic) bond motifs is 1. The van der Waals surface area contributed by atoms with E-state index in [-0.39, 0.29) is 0 Å². The second kappa shape index (κ2) is 6.73. The highest BCUT2D eigenvalue weighted by molar-refractivity contribution is 5.84. The first kappa shape index (κ1) is 15.3. The number of hydrogen-bond donors (Lipinski definition) is 1. The van der Waals surface area contributed by atoms with E-state index in [1.807, 2.05) is 25.2 Å². The average Bonchev–Trinajstić information content (AvgIpc) is 3.05. The van der Waals surface area contributed by atoms with Gasteiger partial charge in [-0.05, 0) is 30.8 Å². The lowest BCUT2D eigenvalue weighted by Gasteiger charge is -2.15.